The maximum atomic E-state index is 11.4. The summed E-state index contributed by atoms with van der Waals surface area (Å²) in [6.07, 6.45) is 1.14. The van der Waals surface area contributed by atoms with Crippen LogP contribution in [0.3, 0.4) is 0 Å². The maximum absolute atomic E-state index is 11.4. The number of benzene rings is 2. The molecule has 21 heavy (non-hydrogen) atoms. The van der Waals surface area contributed by atoms with Crippen LogP contribution in [0, 0.1) is 0 Å². The second-order valence-corrected chi connectivity index (χ2v) is 6.53. The van der Waals surface area contributed by atoms with Crippen LogP contribution in [-0.4, -0.2) is 32.9 Å². The number of rotatable bonds is 4. The van der Waals surface area contributed by atoms with E-state index in [-0.39, 0.29) is 10.5 Å². The molecule has 110 valence electrons. The topological polar surface area (TPSA) is 80.7 Å². The molecular weight excluding hydrogens is 292 g/mol. The molecule has 0 radical (unpaired) electrons. The van der Waals surface area contributed by atoms with Crippen molar-refractivity contribution in [2.45, 2.75) is 4.90 Å². The SMILES string of the molecule is COc1cc(C(=O)O)ccc1-c1ccc(S(C)(=O)=O)cc1. The Labute approximate surface area is 122 Å². The minimum Gasteiger partial charge on any atom is -0.496 e. The van der Waals surface area contributed by atoms with Crippen molar-refractivity contribution in [3.63, 3.8) is 0 Å². The minimum absolute atomic E-state index is 0.128. The van der Waals surface area contributed by atoms with Gasteiger partial charge in [0, 0.05) is 11.8 Å². The number of sulfone groups is 1. The summed E-state index contributed by atoms with van der Waals surface area (Å²) < 4.78 is 28.1. The third-order valence-electron chi connectivity index (χ3n) is 3.04. The van der Waals surface area contributed by atoms with Crippen LogP contribution < -0.4 is 4.74 Å². The van der Waals surface area contributed by atoms with E-state index >= 15 is 0 Å². The van der Waals surface area contributed by atoms with Gasteiger partial charge in [-0.3, -0.25) is 0 Å². The van der Waals surface area contributed by atoms with Crippen molar-refractivity contribution in [1.82, 2.24) is 0 Å². The first-order valence-corrected chi connectivity index (χ1v) is 7.94. The van der Waals surface area contributed by atoms with Gasteiger partial charge in [-0.25, -0.2) is 13.2 Å². The average molecular weight is 306 g/mol. The average Bonchev–Trinajstić information content (AvgIpc) is 2.45. The lowest BCUT2D eigenvalue weighted by atomic mass is 10.0. The number of carboxylic acids is 1. The van der Waals surface area contributed by atoms with E-state index in [9.17, 15) is 13.2 Å². The quantitative estimate of drug-likeness (QED) is 0.938. The molecule has 0 aliphatic carbocycles. The van der Waals surface area contributed by atoms with Crippen LogP contribution in [-0.2, 0) is 9.84 Å². The molecule has 0 saturated heterocycles. The van der Waals surface area contributed by atoms with Gasteiger partial charge in [-0.05, 0) is 35.9 Å². The van der Waals surface area contributed by atoms with Crippen LogP contribution in [0.15, 0.2) is 47.4 Å². The van der Waals surface area contributed by atoms with Crippen LogP contribution in [0.4, 0.5) is 0 Å². The number of carbonyl (C=O) groups is 1. The number of ether oxygens (including phenoxy) is 1. The van der Waals surface area contributed by atoms with Gasteiger partial charge in [0.25, 0.3) is 0 Å². The number of aromatic carboxylic acids is 1. The maximum Gasteiger partial charge on any atom is 0.335 e. The molecule has 1 N–H and O–H groups in total. The van der Waals surface area contributed by atoms with E-state index in [4.69, 9.17) is 9.84 Å². The Kier molecular flexibility index (Phi) is 3.99. The molecule has 2 aromatic carbocycles. The van der Waals surface area contributed by atoms with Crippen molar-refractivity contribution in [3.05, 3.63) is 48.0 Å². The fourth-order valence-electron chi connectivity index (χ4n) is 1.94. The van der Waals surface area contributed by atoms with Crippen LogP contribution in [0.1, 0.15) is 10.4 Å². The van der Waals surface area contributed by atoms with Crippen molar-refractivity contribution >= 4 is 15.8 Å². The Morgan fingerprint density at radius 1 is 1.10 bits per heavy atom. The van der Waals surface area contributed by atoms with Crippen LogP contribution >= 0.6 is 0 Å². The molecule has 0 aliphatic heterocycles. The molecule has 0 aromatic heterocycles. The van der Waals surface area contributed by atoms with Gasteiger partial charge < -0.3 is 9.84 Å². The second kappa shape index (κ2) is 5.57. The number of methoxy groups -OCH3 is 1. The van der Waals surface area contributed by atoms with E-state index < -0.39 is 15.8 Å². The van der Waals surface area contributed by atoms with E-state index in [1.807, 2.05) is 0 Å². The normalized spacial score (nSPS) is 11.1. The van der Waals surface area contributed by atoms with Gasteiger partial charge in [0.1, 0.15) is 5.75 Å². The van der Waals surface area contributed by atoms with Gasteiger partial charge in [0.2, 0.25) is 0 Å². The molecule has 0 fully saturated rings. The van der Waals surface area contributed by atoms with E-state index in [0.717, 1.165) is 11.8 Å². The van der Waals surface area contributed by atoms with E-state index in [0.29, 0.717) is 11.3 Å². The Morgan fingerprint density at radius 2 is 1.71 bits per heavy atom. The van der Waals surface area contributed by atoms with Crippen molar-refractivity contribution in [1.29, 1.82) is 0 Å². The van der Waals surface area contributed by atoms with E-state index in [2.05, 4.69) is 0 Å². The Hall–Kier alpha value is -2.34. The van der Waals surface area contributed by atoms with Crippen molar-refractivity contribution in [3.8, 4) is 16.9 Å². The molecule has 0 spiro atoms. The molecule has 0 amide bonds. The first-order valence-electron chi connectivity index (χ1n) is 6.05. The number of carboxylic acid groups (broad SMARTS) is 1. The minimum atomic E-state index is -3.24. The third kappa shape index (κ3) is 3.22. The van der Waals surface area contributed by atoms with Crippen molar-refractivity contribution < 1.29 is 23.1 Å². The molecule has 0 aliphatic rings. The van der Waals surface area contributed by atoms with Gasteiger partial charge in [0.05, 0.1) is 17.6 Å². The predicted octanol–water partition coefficient (Wildman–Crippen LogP) is 2.46. The summed E-state index contributed by atoms with van der Waals surface area (Å²) in [5.41, 5.74) is 1.57. The lowest BCUT2D eigenvalue weighted by molar-refractivity contribution is 0.0696. The first kappa shape index (κ1) is 15.1. The van der Waals surface area contributed by atoms with Crippen LogP contribution in [0.25, 0.3) is 11.1 Å². The standard InChI is InChI=1S/C15H14O5S/c1-20-14-9-11(15(16)17)5-8-13(14)10-3-6-12(7-4-10)21(2,18)19/h3-9H,1-2H3,(H,16,17). The van der Waals surface area contributed by atoms with Gasteiger partial charge in [0.15, 0.2) is 9.84 Å². The van der Waals surface area contributed by atoms with E-state index in [1.165, 1.54) is 31.4 Å². The predicted molar refractivity (Wildman–Crippen MR) is 78.5 cm³/mol. The highest BCUT2D eigenvalue weighted by molar-refractivity contribution is 7.90. The molecule has 0 unspecified atom stereocenters. The summed E-state index contributed by atoms with van der Waals surface area (Å²) in [5, 5.41) is 8.97. The first-order chi connectivity index (χ1) is 9.82. The molecule has 2 rings (SSSR count). The highest BCUT2D eigenvalue weighted by Gasteiger charge is 2.12. The van der Waals surface area contributed by atoms with Crippen molar-refractivity contribution in [2.24, 2.45) is 0 Å². The molecule has 6 heteroatoms. The van der Waals surface area contributed by atoms with E-state index in [1.54, 1.807) is 18.2 Å². The smallest absolute Gasteiger partial charge is 0.335 e. The molecular formula is C15H14O5S. The Morgan fingerprint density at radius 3 is 2.19 bits per heavy atom. The number of hydrogen-bond donors (Lipinski definition) is 1. The second-order valence-electron chi connectivity index (χ2n) is 4.52. The summed E-state index contributed by atoms with van der Waals surface area (Å²) in [6, 6.07) is 10.9. The van der Waals surface area contributed by atoms with Crippen LogP contribution in [0.2, 0.25) is 0 Å². The summed E-state index contributed by atoms with van der Waals surface area (Å²) in [4.78, 5) is 11.2. The molecule has 0 bridgehead atoms. The van der Waals surface area contributed by atoms with Crippen LogP contribution in [0.5, 0.6) is 5.75 Å². The zero-order chi connectivity index (χ0) is 15.6. The van der Waals surface area contributed by atoms with Gasteiger partial charge in [-0.2, -0.15) is 0 Å². The van der Waals surface area contributed by atoms with Crippen molar-refractivity contribution in [2.75, 3.05) is 13.4 Å². The fourth-order valence-corrected chi connectivity index (χ4v) is 2.57. The summed E-state index contributed by atoms with van der Waals surface area (Å²) in [7, 11) is -1.79. The highest BCUT2D eigenvalue weighted by Crippen LogP contribution is 2.31. The van der Waals surface area contributed by atoms with Gasteiger partial charge in [-0.15, -0.1) is 0 Å². The van der Waals surface area contributed by atoms with Gasteiger partial charge in [-0.1, -0.05) is 12.1 Å². The molecule has 0 heterocycles. The highest BCUT2D eigenvalue weighted by atomic mass is 32.2. The molecule has 0 saturated carbocycles. The molecule has 5 nitrogen and oxygen atoms in total. The summed E-state index contributed by atoms with van der Waals surface area (Å²) in [6.45, 7) is 0. The fraction of sp³-hybridized carbons (Fsp3) is 0.133. The zero-order valence-corrected chi connectivity index (χ0v) is 12.3. The summed E-state index contributed by atoms with van der Waals surface area (Å²) >= 11 is 0. The lowest BCUT2D eigenvalue weighted by Gasteiger charge is -2.10. The van der Waals surface area contributed by atoms with Gasteiger partial charge >= 0.3 is 5.97 Å². The Balaban J connectivity index is 2.49. The lowest BCUT2D eigenvalue weighted by Crippen LogP contribution is -1.99. The monoisotopic (exact) mass is 306 g/mol. The zero-order valence-electron chi connectivity index (χ0n) is 11.5. The summed E-state index contributed by atoms with van der Waals surface area (Å²) in [5.74, 6) is -0.616. The largest absolute Gasteiger partial charge is 0.496 e. The molecule has 2 aromatic rings. The molecule has 0 atom stereocenters. The Bertz CT molecular complexity index is 776. The third-order valence-corrected chi connectivity index (χ3v) is 4.17. The number of hydrogen-bond acceptors (Lipinski definition) is 4.